The zero-order chi connectivity index (χ0) is 15.1. The summed E-state index contributed by atoms with van der Waals surface area (Å²) in [5, 5.41) is 0. The van der Waals surface area contributed by atoms with Gasteiger partial charge in [-0.15, -0.1) is 0 Å². The molecule has 0 saturated heterocycles. The van der Waals surface area contributed by atoms with Crippen LogP contribution in [0.1, 0.15) is 66.9 Å². The van der Waals surface area contributed by atoms with Crippen LogP contribution in [0.3, 0.4) is 0 Å². The number of carbonyl (C=O) groups excluding carboxylic acids is 1. The van der Waals surface area contributed by atoms with Gasteiger partial charge in [-0.25, -0.2) is 0 Å². The van der Waals surface area contributed by atoms with Crippen molar-refractivity contribution in [3.63, 3.8) is 0 Å². The lowest BCUT2D eigenvalue weighted by atomic mass is 9.93. The maximum Gasteiger partial charge on any atom is 0.193 e. The van der Waals surface area contributed by atoms with Gasteiger partial charge in [0.1, 0.15) is 0 Å². The summed E-state index contributed by atoms with van der Waals surface area (Å²) in [4.78, 5) is 12.3. The van der Waals surface area contributed by atoms with E-state index in [-0.39, 0.29) is 5.78 Å². The predicted octanol–water partition coefficient (Wildman–Crippen LogP) is 5.60. The number of ketones is 1. The van der Waals surface area contributed by atoms with Crippen molar-refractivity contribution >= 4 is 5.78 Å². The van der Waals surface area contributed by atoms with E-state index in [0.29, 0.717) is 5.92 Å². The second kappa shape index (κ2) is 7.78. The smallest absolute Gasteiger partial charge is 0.193 e. The lowest BCUT2D eigenvalue weighted by Gasteiger charge is -2.12. The van der Waals surface area contributed by atoms with Gasteiger partial charge in [0.05, 0.1) is 0 Å². The molecule has 0 spiro atoms. The SMILES string of the molecule is CCCCCC(C)c1ccc(C(=O)c2ccccc2)cc1. The van der Waals surface area contributed by atoms with Crippen LogP contribution in [0.4, 0.5) is 0 Å². The molecule has 0 amide bonds. The largest absolute Gasteiger partial charge is 0.289 e. The predicted molar refractivity (Wildman–Crippen MR) is 88.9 cm³/mol. The first kappa shape index (κ1) is 15.5. The molecule has 0 aliphatic rings. The van der Waals surface area contributed by atoms with Crippen LogP contribution in [0.2, 0.25) is 0 Å². The minimum absolute atomic E-state index is 0.0980. The molecule has 0 heterocycles. The highest BCUT2D eigenvalue weighted by Crippen LogP contribution is 2.22. The Bertz CT molecular complexity index is 554. The summed E-state index contributed by atoms with van der Waals surface area (Å²) < 4.78 is 0. The molecule has 2 aromatic carbocycles. The van der Waals surface area contributed by atoms with Gasteiger partial charge in [-0.3, -0.25) is 4.79 Å². The van der Waals surface area contributed by atoms with E-state index in [1.54, 1.807) is 0 Å². The van der Waals surface area contributed by atoms with Gasteiger partial charge in [0.2, 0.25) is 0 Å². The molecule has 0 saturated carbocycles. The molecule has 110 valence electrons. The number of rotatable bonds is 7. The summed E-state index contributed by atoms with van der Waals surface area (Å²) >= 11 is 0. The van der Waals surface area contributed by atoms with Crippen molar-refractivity contribution in [2.45, 2.75) is 45.4 Å². The van der Waals surface area contributed by atoms with Crippen molar-refractivity contribution in [3.8, 4) is 0 Å². The van der Waals surface area contributed by atoms with Crippen LogP contribution in [-0.4, -0.2) is 5.78 Å². The summed E-state index contributed by atoms with van der Waals surface area (Å²) in [6.45, 7) is 4.50. The van der Waals surface area contributed by atoms with Gasteiger partial charge in [-0.05, 0) is 17.9 Å². The van der Waals surface area contributed by atoms with Gasteiger partial charge in [0, 0.05) is 11.1 Å². The van der Waals surface area contributed by atoms with E-state index in [2.05, 4.69) is 26.0 Å². The van der Waals surface area contributed by atoms with Gasteiger partial charge < -0.3 is 0 Å². The Labute approximate surface area is 128 Å². The molecule has 0 radical (unpaired) electrons. The summed E-state index contributed by atoms with van der Waals surface area (Å²) in [5.74, 6) is 0.665. The summed E-state index contributed by atoms with van der Waals surface area (Å²) in [6, 6.07) is 17.6. The number of hydrogen-bond donors (Lipinski definition) is 0. The summed E-state index contributed by atoms with van der Waals surface area (Å²) in [5.41, 5.74) is 2.85. The Morgan fingerprint density at radius 1 is 0.905 bits per heavy atom. The Morgan fingerprint density at radius 2 is 1.52 bits per heavy atom. The Morgan fingerprint density at radius 3 is 2.14 bits per heavy atom. The Hall–Kier alpha value is -1.89. The Kier molecular flexibility index (Phi) is 5.74. The van der Waals surface area contributed by atoms with E-state index in [9.17, 15) is 4.79 Å². The van der Waals surface area contributed by atoms with Gasteiger partial charge in [-0.2, -0.15) is 0 Å². The van der Waals surface area contributed by atoms with E-state index < -0.39 is 0 Å². The normalized spacial score (nSPS) is 12.1. The average molecular weight is 280 g/mol. The fourth-order valence-electron chi connectivity index (χ4n) is 2.59. The Balaban J connectivity index is 2.03. The third-order valence-corrected chi connectivity index (χ3v) is 4.02. The van der Waals surface area contributed by atoms with Crippen molar-refractivity contribution in [1.82, 2.24) is 0 Å². The highest BCUT2D eigenvalue weighted by Gasteiger charge is 2.10. The van der Waals surface area contributed by atoms with Gasteiger partial charge >= 0.3 is 0 Å². The molecule has 0 aliphatic heterocycles. The monoisotopic (exact) mass is 280 g/mol. The van der Waals surface area contributed by atoms with E-state index in [1.807, 2.05) is 42.5 Å². The number of hydrogen-bond acceptors (Lipinski definition) is 1. The van der Waals surface area contributed by atoms with Gasteiger partial charge in [0.25, 0.3) is 0 Å². The van der Waals surface area contributed by atoms with Crippen molar-refractivity contribution in [1.29, 1.82) is 0 Å². The van der Waals surface area contributed by atoms with Crippen LogP contribution in [0.25, 0.3) is 0 Å². The van der Waals surface area contributed by atoms with Crippen LogP contribution in [0.15, 0.2) is 54.6 Å². The van der Waals surface area contributed by atoms with Crippen molar-refractivity contribution in [3.05, 3.63) is 71.3 Å². The highest BCUT2D eigenvalue weighted by molar-refractivity contribution is 6.08. The fourth-order valence-corrected chi connectivity index (χ4v) is 2.59. The maximum absolute atomic E-state index is 12.3. The van der Waals surface area contributed by atoms with Crippen LogP contribution >= 0.6 is 0 Å². The average Bonchev–Trinajstić information content (AvgIpc) is 2.55. The van der Waals surface area contributed by atoms with E-state index in [0.717, 1.165) is 11.1 Å². The number of carbonyl (C=O) groups is 1. The zero-order valence-corrected chi connectivity index (χ0v) is 13.0. The van der Waals surface area contributed by atoms with Crippen molar-refractivity contribution in [2.75, 3.05) is 0 Å². The van der Waals surface area contributed by atoms with Crippen LogP contribution in [0, 0.1) is 0 Å². The molecule has 21 heavy (non-hydrogen) atoms. The van der Waals surface area contributed by atoms with Crippen molar-refractivity contribution in [2.24, 2.45) is 0 Å². The molecule has 0 N–H and O–H groups in total. The standard InChI is InChI=1S/C20H24O/c1-3-4-6-9-16(2)17-12-14-19(15-13-17)20(21)18-10-7-5-8-11-18/h5,7-8,10-16H,3-4,6,9H2,1-2H3. The molecule has 1 unspecified atom stereocenters. The second-order valence-electron chi connectivity index (χ2n) is 5.71. The van der Waals surface area contributed by atoms with E-state index in [4.69, 9.17) is 0 Å². The molecule has 0 bridgehead atoms. The molecule has 2 aromatic rings. The number of unbranched alkanes of at least 4 members (excludes halogenated alkanes) is 2. The van der Waals surface area contributed by atoms with Crippen LogP contribution in [-0.2, 0) is 0 Å². The molecule has 1 nitrogen and oxygen atoms in total. The molecule has 1 heteroatoms. The summed E-state index contributed by atoms with van der Waals surface area (Å²) in [6.07, 6.45) is 5.06. The highest BCUT2D eigenvalue weighted by atomic mass is 16.1. The van der Waals surface area contributed by atoms with Crippen LogP contribution in [0.5, 0.6) is 0 Å². The first-order valence-corrected chi connectivity index (χ1v) is 7.92. The third kappa shape index (κ3) is 4.29. The molecule has 0 aromatic heterocycles. The molecule has 0 fully saturated rings. The zero-order valence-electron chi connectivity index (χ0n) is 13.0. The van der Waals surface area contributed by atoms with Crippen molar-refractivity contribution < 1.29 is 4.79 Å². The van der Waals surface area contributed by atoms with E-state index in [1.165, 1.54) is 31.2 Å². The number of benzene rings is 2. The second-order valence-corrected chi connectivity index (χ2v) is 5.71. The fraction of sp³-hybridized carbons (Fsp3) is 0.350. The van der Waals surface area contributed by atoms with Gasteiger partial charge in [-0.1, -0.05) is 87.7 Å². The minimum Gasteiger partial charge on any atom is -0.289 e. The topological polar surface area (TPSA) is 17.1 Å². The molecular weight excluding hydrogens is 256 g/mol. The molecule has 1 atom stereocenters. The quantitative estimate of drug-likeness (QED) is 0.476. The molecule has 0 aliphatic carbocycles. The van der Waals surface area contributed by atoms with Crippen LogP contribution < -0.4 is 0 Å². The van der Waals surface area contributed by atoms with E-state index >= 15 is 0 Å². The lowest BCUT2D eigenvalue weighted by molar-refractivity contribution is 0.103. The first-order chi connectivity index (χ1) is 10.2. The lowest BCUT2D eigenvalue weighted by Crippen LogP contribution is -2.01. The molecule has 2 rings (SSSR count). The minimum atomic E-state index is 0.0980. The summed E-state index contributed by atoms with van der Waals surface area (Å²) in [7, 11) is 0. The maximum atomic E-state index is 12.3. The molecular formula is C20H24O. The first-order valence-electron chi connectivity index (χ1n) is 7.92. The van der Waals surface area contributed by atoms with Gasteiger partial charge in [0.15, 0.2) is 5.78 Å². The third-order valence-electron chi connectivity index (χ3n) is 4.02.